The molecule has 0 unspecified atom stereocenters. The average molecular weight is 870 g/mol. The first-order valence-corrected chi connectivity index (χ1v) is 22.8. The number of nitrogens with zero attached hydrogens (tertiary/aromatic N) is 5. The molecule has 5 heterocycles. The van der Waals surface area contributed by atoms with Crippen LogP contribution in [0.5, 0.6) is 11.5 Å². The molecule has 0 bridgehead atoms. The van der Waals surface area contributed by atoms with E-state index < -0.39 is 5.41 Å². The summed E-state index contributed by atoms with van der Waals surface area (Å²) in [6.45, 7) is 0. The lowest BCUT2D eigenvalue weighted by molar-refractivity contribution is 0.436. The fourth-order valence-electron chi connectivity index (χ4n) is 10.3. The molecule has 6 nitrogen and oxygen atoms in total. The van der Waals surface area contributed by atoms with E-state index in [-0.39, 0.29) is 0 Å². The topological polar surface area (TPSA) is 73.7 Å². The summed E-state index contributed by atoms with van der Waals surface area (Å²) in [5.74, 6) is 2.38. The Morgan fingerprint density at radius 2 is 0.750 bits per heavy atom. The molecule has 7 aromatic carbocycles. The van der Waals surface area contributed by atoms with Crippen LogP contribution in [0.1, 0.15) is 22.3 Å². The molecule has 0 radical (unpaired) electrons. The number of ether oxygens (including phenoxy) is 1. The molecule has 0 amide bonds. The minimum Gasteiger partial charge on any atom is -0.457 e. The van der Waals surface area contributed by atoms with Crippen molar-refractivity contribution in [2.24, 2.45) is 0 Å². The van der Waals surface area contributed by atoms with Crippen LogP contribution in [-0.4, -0.2) is 24.9 Å². The van der Waals surface area contributed by atoms with E-state index in [9.17, 15) is 0 Å². The lowest BCUT2D eigenvalue weighted by Gasteiger charge is -2.39. The third-order valence-electron chi connectivity index (χ3n) is 13.3. The molecule has 6 heteroatoms. The SMILES string of the molecule is c1ccc(-c2cc(-c3ccc(-c4cccc5c4-c4c(-c6cc(-c7ccccn7)nc(-c7ccccn7)c6)cccc4C54c5ccccc5Oc5ccccc54)cc3)nc(-c3ccccc3)n2)cc1. The Labute approximate surface area is 394 Å². The van der Waals surface area contributed by atoms with Gasteiger partial charge in [0.15, 0.2) is 5.82 Å². The zero-order valence-electron chi connectivity index (χ0n) is 36.7. The van der Waals surface area contributed by atoms with Crippen molar-refractivity contribution in [1.29, 1.82) is 0 Å². The second kappa shape index (κ2) is 16.1. The van der Waals surface area contributed by atoms with Crippen molar-refractivity contribution in [2.45, 2.75) is 5.41 Å². The van der Waals surface area contributed by atoms with Crippen LogP contribution in [0.2, 0.25) is 0 Å². The smallest absolute Gasteiger partial charge is 0.160 e. The number of benzene rings is 7. The number of hydrogen-bond acceptors (Lipinski definition) is 6. The molecular weight excluding hydrogens is 831 g/mol. The molecule has 0 saturated carbocycles. The highest BCUT2D eigenvalue weighted by Gasteiger charge is 2.52. The van der Waals surface area contributed by atoms with Crippen LogP contribution in [-0.2, 0) is 5.41 Å². The minimum atomic E-state index is -0.689. The fourth-order valence-corrected chi connectivity index (χ4v) is 10.3. The van der Waals surface area contributed by atoms with Gasteiger partial charge in [-0.25, -0.2) is 15.0 Å². The van der Waals surface area contributed by atoms with Gasteiger partial charge in [-0.1, -0.05) is 170 Å². The van der Waals surface area contributed by atoms with Crippen molar-refractivity contribution in [3.05, 3.63) is 259 Å². The van der Waals surface area contributed by atoms with Gasteiger partial charge < -0.3 is 4.74 Å². The average Bonchev–Trinajstić information content (AvgIpc) is 3.72. The van der Waals surface area contributed by atoms with E-state index in [4.69, 9.17) is 29.7 Å². The van der Waals surface area contributed by atoms with Gasteiger partial charge in [0.1, 0.15) is 11.5 Å². The van der Waals surface area contributed by atoms with Crippen LogP contribution in [0.4, 0.5) is 0 Å². The highest BCUT2D eigenvalue weighted by atomic mass is 16.5. The van der Waals surface area contributed by atoms with Gasteiger partial charge in [0.2, 0.25) is 0 Å². The molecule has 1 spiro atoms. The number of aromatic nitrogens is 5. The highest BCUT2D eigenvalue weighted by molar-refractivity contribution is 6.03. The van der Waals surface area contributed by atoms with Crippen LogP contribution in [0, 0.1) is 0 Å². The van der Waals surface area contributed by atoms with E-state index in [1.54, 1.807) is 0 Å². The monoisotopic (exact) mass is 869 g/mol. The molecule has 13 rings (SSSR count). The second-order valence-corrected chi connectivity index (χ2v) is 17.1. The van der Waals surface area contributed by atoms with Crippen molar-refractivity contribution in [3.63, 3.8) is 0 Å². The summed E-state index contributed by atoms with van der Waals surface area (Å²) in [6.07, 6.45) is 3.63. The molecule has 1 aliphatic carbocycles. The van der Waals surface area contributed by atoms with Gasteiger partial charge in [0.25, 0.3) is 0 Å². The van der Waals surface area contributed by atoms with Crippen LogP contribution >= 0.6 is 0 Å². The number of fused-ring (bicyclic) bond motifs is 9. The van der Waals surface area contributed by atoms with Crippen molar-refractivity contribution in [1.82, 2.24) is 24.9 Å². The molecule has 318 valence electrons. The molecule has 2 aliphatic rings. The Morgan fingerprint density at radius 1 is 0.294 bits per heavy atom. The number of pyridine rings is 3. The zero-order valence-corrected chi connectivity index (χ0v) is 36.7. The maximum atomic E-state index is 6.75. The van der Waals surface area contributed by atoms with Gasteiger partial charge in [-0.15, -0.1) is 0 Å². The van der Waals surface area contributed by atoms with Gasteiger partial charge in [0, 0.05) is 40.2 Å². The van der Waals surface area contributed by atoms with Gasteiger partial charge >= 0.3 is 0 Å². The lowest BCUT2D eigenvalue weighted by atomic mass is 9.66. The van der Waals surface area contributed by atoms with E-state index in [0.717, 1.165) is 101 Å². The van der Waals surface area contributed by atoms with Crippen molar-refractivity contribution in [3.8, 4) is 102 Å². The van der Waals surface area contributed by atoms with Crippen LogP contribution in [0.15, 0.2) is 237 Å². The first kappa shape index (κ1) is 39.3. The van der Waals surface area contributed by atoms with Crippen molar-refractivity contribution >= 4 is 0 Å². The molecule has 1 aliphatic heterocycles. The maximum absolute atomic E-state index is 6.75. The summed E-state index contributed by atoms with van der Waals surface area (Å²) >= 11 is 0. The lowest BCUT2D eigenvalue weighted by Crippen LogP contribution is -2.32. The quantitative estimate of drug-likeness (QED) is 0.159. The van der Waals surface area contributed by atoms with Gasteiger partial charge in [0.05, 0.1) is 39.6 Å². The highest BCUT2D eigenvalue weighted by Crippen LogP contribution is 2.64. The Kier molecular flexibility index (Phi) is 9.29. The largest absolute Gasteiger partial charge is 0.457 e. The van der Waals surface area contributed by atoms with Gasteiger partial charge in [-0.3, -0.25) is 9.97 Å². The number of hydrogen-bond donors (Lipinski definition) is 0. The summed E-state index contributed by atoms with van der Waals surface area (Å²) in [5, 5.41) is 0. The normalized spacial score (nSPS) is 12.6. The van der Waals surface area contributed by atoms with Crippen LogP contribution < -0.4 is 4.74 Å². The standard InChI is InChI=1S/C62H39N5O/c1-3-17-41(18-4-1)53-39-54(67-61(66-53)43-19-5-2-6-20-43)42-33-31-40(32-34-42)45-21-15-25-49-59(45)60-46(44-37-55(51-27-11-13-35-63-51)65-56(38-44)52-28-12-14-36-64-52)22-16-26-50(60)62(49)47-23-7-9-29-57(47)68-58-30-10-8-24-48(58)62/h1-39H. The summed E-state index contributed by atoms with van der Waals surface area (Å²) in [6, 6.07) is 78.3. The molecule has 4 aromatic heterocycles. The molecule has 11 aromatic rings. The Bertz CT molecular complexity index is 3530. The predicted octanol–water partition coefficient (Wildman–Crippen LogP) is 14.8. The second-order valence-electron chi connectivity index (χ2n) is 17.1. The van der Waals surface area contributed by atoms with Crippen LogP contribution in [0.25, 0.3) is 90.1 Å². The van der Waals surface area contributed by atoms with Gasteiger partial charge in [-0.2, -0.15) is 0 Å². The third kappa shape index (κ3) is 6.38. The van der Waals surface area contributed by atoms with E-state index in [1.807, 2.05) is 85.2 Å². The van der Waals surface area contributed by atoms with Gasteiger partial charge in [-0.05, 0) is 99.1 Å². The van der Waals surface area contributed by atoms with Crippen LogP contribution in [0.3, 0.4) is 0 Å². The molecule has 0 saturated heterocycles. The first-order chi connectivity index (χ1) is 33.7. The Balaban J connectivity index is 1.05. The number of para-hydroxylation sites is 2. The molecule has 0 atom stereocenters. The molecule has 0 N–H and O–H groups in total. The Hall–Kier alpha value is -9.13. The molecule has 68 heavy (non-hydrogen) atoms. The van der Waals surface area contributed by atoms with Crippen molar-refractivity contribution < 1.29 is 4.74 Å². The van der Waals surface area contributed by atoms with E-state index >= 15 is 0 Å². The maximum Gasteiger partial charge on any atom is 0.160 e. The summed E-state index contributed by atoms with van der Waals surface area (Å²) in [7, 11) is 0. The summed E-state index contributed by atoms with van der Waals surface area (Å²) < 4.78 is 6.75. The predicted molar refractivity (Wildman–Crippen MR) is 271 cm³/mol. The Morgan fingerprint density at radius 3 is 1.29 bits per heavy atom. The molecule has 0 fully saturated rings. The third-order valence-corrected chi connectivity index (χ3v) is 13.3. The van der Waals surface area contributed by atoms with E-state index in [2.05, 4.69) is 152 Å². The number of rotatable bonds is 7. The van der Waals surface area contributed by atoms with E-state index in [0.29, 0.717) is 5.82 Å². The van der Waals surface area contributed by atoms with E-state index in [1.165, 1.54) is 16.7 Å². The minimum absolute atomic E-state index is 0.687. The summed E-state index contributed by atoms with van der Waals surface area (Å²) in [4.78, 5) is 24.9. The fraction of sp³-hybridized carbons (Fsp3) is 0.0161. The van der Waals surface area contributed by atoms with Crippen molar-refractivity contribution in [2.75, 3.05) is 0 Å². The zero-order chi connectivity index (χ0) is 45.0. The summed E-state index contributed by atoms with van der Waals surface area (Å²) in [5.41, 5.74) is 18.4. The molecular formula is C62H39N5O. The first-order valence-electron chi connectivity index (χ1n) is 22.8.